The van der Waals surface area contributed by atoms with Gasteiger partial charge in [-0.15, -0.1) is 0 Å². The number of hydrogen-bond acceptors (Lipinski definition) is 2. The van der Waals surface area contributed by atoms with Crippen LogP contribution in [0.5, 0.6) is 0 Å². The molecule has 1 aliphatic rings. The van der Waals surface area contributed by atoms with Crippen molar-refractivity contribution in [3.8, 4) is 0 Å². The number of urea groups is 1. The minimum Gasteiger partial charge on any atom is -0.481 e. The molecule has 22 heavy (non-hydrogen) atoms. The monoisotopic (exact) mass is 308 g/mol. The molecule has 0 heterocycles. The Labute approximate surface area is 129 Å². The second-order valence-corrected chi connectivity index (χ2v) is 5.78. The number of rotatable bonds is 5. The quantitative estimate of drug-likeness (QED) is 0.878. The van der Waals surface area contributed by atoms with Crippen LogP contribution in [-0.4, -0.2) is 41.6 Å². The number of hydrogen-bond donors (Lipinski definition) is 2. The molecule has 0 spiro atoms. The van der Waals surface area contributed by atoms with Crippen LogP contribution in [0.15, 0.2) is 24.3 Å². The lowest BCUT2D eigenvalue weighted by Gasteiger charge is -2.20. The summed E-state index contributed by atoms with van der Waals surface area (Å²) in [6.07, 6.45) is 2.47. The van der Waals surface area contributed by atoms with Gasteiger partial charge in [0.15, 0.2) is 0 Å². The molecule has 2 amide bonds. The lowest BCUT2D eigenvalue weighted by Crippen LogP contribution is -2.42. The normalized spacial score (nSPS) is 20.6. The van der Waals surface area contributed by atoms with Gasteiger partial charge in [0.05, 0.1) is 6.42 Å². The molecule has 1 saturated carbocycles. The molecule has 0 aromatic heterocycles. The van der Waals surface area contributed by atoms with Gasteiger partial charge in [-0.3, -0.25) is 4.79 Å². The van der Waals surface area contributed by atoms with E-state index >= 15 is 0 Å². The van der Waals surface area contributed by atoms with Crippen molar-refractivity contribution in [1.82, 2.24) is 10.2 Å². The molecule has 0 saturated heterocycles. The first-order valence-corrected chi connectivity index (χ1v) is 7.44. The fraction of sp³-hybridized carbons (Fsp3) is 0.500. The highest BCUT2D eigenvalue weighted by Crippen LogP contribution is 2.34. The van der Waals surface area contributed by atoms with E-state index in [-0.39, 0.29) is 36.8 Å². The minimum absolute atomic E-state index is 0.0491. The van der Waals surface area contributed by atoms with E-state index in [0.29, 0.717) is 0 Å². The van der Waals surface area contributed by atoms with Gasteiger partial charge in [-0.2, -0.15) is 0 Å². The highest BCUT2D eigenvalue weighted by atomic mass is 19.1. The zero-order valence-corrected chi connectivity index (χ0v) is 12.6. The van der Waals surface area contributed by atoms with E-state index < -0.39 is 5.97 Å². The lowest BCUT2D eigenvalue weighted by atomic mass is 9.97. The first kappa shape index (κ1) is 16.3. The van der Waals surface area contributed by atoms with Gasteiger partial charge in [-0.25, -0.2) is 9.18 Å². The largest absolute Gasteiger partial charge is 0.481 e. The van der Waals surface area contributed by atoms with Gasteiger partial charge in [-0.1, -0.05) is 12.1 Å². The van der Waals surface area contributed by atoms with E-state index in [1.54, 1.807) is 19.2 Å². The van der Waals surface area contributed by atoms with Crippen molar-refractivity contribution >= 4 is 12.0 Å². The highest BCUT2D eigenvalue weighted by Gasteiger charge is 2.27. The zero-order chi connectivity index (χ0) is 16.1. The molecule has 2 N–H and O–H groups in total. The maximum Gasteiger partial charge on any atom is 0.317 e. The van der Waals surface area contributed by atoms with Gasteiger partial charge in [0.2, 0.25) is 0 Å². The molecule has 2 rings (SSSR count). The fourth-order valence-corrected chi connectivity index (χ4v) is 2.83. The van der Waals surface area contributed by atoms with Crippen LogP contribution in [-0.2, 0) is 4.79 Å². The van der Waals surface area contributed by atoms with Crippen molar-refractivity contribution < 1.29 is 19.1 Å². The van der Waals surface area contributed by atoms with Crippen LogP contribution in [0.3, 0.4) is 0 Å². The number of nitrogens with one attached hydrogen (secondary N) is 1. The predicted octanol–water partition coefficient (Wildman–Crippen LogP) is 2.58. The second kappa shape index (κ2) is 7.24. The van der Waals surface area contributed by atoms with Crippen molar-refractivity contribution in [2.75, 3.05) is 13.6 Å². The average Bonchev–Trinajstić information content (AvgIpc) is 2.93. The number of nitrogens with zero attached hydrogens (tertiary/aromatic N) is 1. The third-order valence-corrected chi connectivity index (χ3v) is 4.09. The van der Waals surface area contributed by atoms with E-state index in [9.17, 15) is 14.0 Å². The average molecular weight is 308 g/mol. The van der Waals surface area contributed by atoms with Crippen LogP contribution >= 0.6 is 0 Å². The van der Waals surface area contributed by atoms with E-state index in [4.69, 9.17) is 5.11 Å². The Morgan fingerprint density at radius 1 is 1.41 bits per heavy atom. The Hall–Kier alpha value is -2.11. The topological polar surface area (TPSA) is 69.6 Å². The van der Waals surface area contributed by atoms with Gasteiger partial charge in [-0.05, 0) is 42.9 Å². The van der Waals surface area contributed by atoms with Crippen LogP contribution in [0.2, 0.25) is 0 Å². The Balaban J connectivity index is 1.83. The maximum atomic E-state index is 13.3. The smallest absolute Gasteiger partial charge is 0.317 e. The molecule has 0 aliphatic heterocycles. The molecule has 1 aromatic carbocycles. The number of aliphatic carboxylic acids is 1. The summed E-state index contributed by atoms with van der Waals surface area (Å²) in [5.74, 6) is -0.907. The molecular weight excluding hydrogens is 287 g/mol. The predicted molar refractivity (Wildman–Crippen MR) is 80.2 cm³/mol. The Kier molecular flexibility index (Phi) is 5.35. The van der Waals surface area contributed by atoms with Gasteiger partial charge < -0.3 is 15.3 Å². The Bertz CT molecular complexity index is 550. The molecule has 0 bridgehead atoms. The summed E-state index contributed by atoms with van der Waals surface area (Å²) in [6.45, 7) is 0.182. The standard InChI is InChI=1S/C16H21FN2O3/c1-19(8-7-15(20)21)16(22)18-14-6-5-12(10-14)11-3-2-4-13(17)9-11/h2-4,9,12,14H,5-8,10H2,1H3,(H,18,22)(H,20,21). The van der Waals surface area contributed by atoms with Crippen LogP contribution < -0.4 is 5.32 Å². The van der Waals surface area contributed by atoms with E-state index in [1.165, 1.54) is 11.0 Å². The van der Waals surface area contributed by atoms with Gasteiger partial charge in [0.1, 0.15) is 5.82 Å². The van der Waals surface area contributed by atoms with E-state index in [2.05, 4.69) is 5.32 Å². The van der Waals surface area contributed by atoms with Crippen molar-refractivity contribution in [2.24, 2.45) is 0 Å². The summed E-state index contributed by atoms with van der Waals surface area (Å²) in [5, 5.41) is 11.5. The second-order valence-electron chi connectivity index (χ2n) is 5.78. The Morgan fingerprint density at radius 3 is 2.86 bits per heavy atom. The SMILES string of the molecule is CN(CCC(=O)O)C(=O)NC1CCC(c2cccc(F)c2)C1. The molecule has 6 heteroatoms. The number of benzene rings is 1. The number of carboxylic acids is 1. The van der Waals surface area contributed by atoms with Gasteiger partial charge in [0.25, 0.3) is 0 Å². The van der Waals surface area contributed by atoms with E-state index in [1.807, 2.05) is 6.07 Å². The molecule has 1 aromatic rings. The molecule has 2 atom stereocenters. The molecule has 120 valence electrons. The first-order chi connectivity index (χ1) is 10.5. The van der Waals surface area contributed by atoms with Gasteiger partial charge >= 0.3 is 12.0 Å². The third kappa shape index (κ3) is 4.44. The fourth-order valence-electron chi connectivity index (χ4n) is 2.83. The summed E-state index contributed by atoms with van der Waals surface area (Å²) in [6, 6.07) is 6.38. The first-order valence-electron chi connectivity index (χ1n) is 7.44. The number of carbonyl (C=O) groups excluding carboxylic acids is 1. The summed E-state index contributed by atoms with van der Waals surface area (Å²) in [4.78, 5) is 23.9. The van der Waals surface area contributed by atoms with Crippen molar-refractivity contribution in [1.29, 1.82) is 0 Å². The van der Waals surface area contributed by atoms with Crippen LogP contribution in [0, 0.1) is 5.82 Å². The summed E-state index contributed by atoms with van der Waals surface area (Å²) >= 11 is 0. The van der Waals surface area contributed by atoms with Crippen molar-refractivity contribution in [3.63, 3.8) is 0 Å². The summed E-state index contributed by atoms with van der Waals surface area (Å²) in [5.41, 5.74) is 0.969. The van der Waals surface area contributed by atoms with Crippen LogP contribution in [0.1, 0.15) is 37.2 Å². The highest BCUT2D eigenvalue weighted by molar-refractivity contribution is 5.75. The van der Waals surface area contributed by atoms with Crippen molar-refractivity contribution in [2.45, 2.75) is 37.6 Å². The van der Waals surface area contributed by atoms with Crippen molar-refractivity contribution in [3.05, 3.63) is 35.6 Å². The minimum atomic E-state index is -0.924. The van der Waals surface area contributed by atoms with E-state index in [0.717, 1.165) is 24.8 Å². The third-order valence-electron chi connectivity index (χ3n) is 4.09. The molecule has 0 radical (unpaired) electrons. The zero-order valence-electron chi connectivity index (χ0n) is 12.6. The number of carbonyl (C=O) groups is 2. The summed E-state index contributed by atoms with van der Waals surface area (Å²) < 4.78 is 13.3. The Morgan fingerprint density at radius 2 is 2.18 bits per heavy atom. The molecule has 1 fully saturated rings. The number of amides is 2. The maximum absolute atomic E-state index is 13.3. The molecule has 1 aliphatic carbocycles. The molecular formula is C16H21FN2O3. The lowest BCUT2D eigenvalue weighted by molar-refractivity contribution is -0.137. The molecule has 2 unspecified atom stereocenters. The number of carboxylic acid groups (broad SMARTS) is 1. The van der Waals surface area contributed by atoms with Crippen LogP contribution in [0.4, 0.5) is 9.18 Å². The number of halogens is 1. The summed E-state index contributed by atoms with van der Waals surface area (Å²) in [7, 11) is 1.58. The van der Waals surface area contributed by atoms with Crippen LogP contribution in [0.25, 0.3) is 0 Å². The molecule has 5 nitrogen and oxygen atoms in total. The van der Waals surface area contributed by atoms with Gasteiger partial charge in [0, 0.05) is 19.6 Å².